The first kappa shape index (κ1) is 12.4. The molecule has 0 saturated carbocycles. The van der Waals surface area contributed by atoms with Crippen LogP contribution >= 0.6 is 7.80 Å². The second kappa shape index (κ2) is 5.95. The van der Waals surface area contributed by atoms with Gasteiger partial charge in [0.2, 0.25) is 0 Å². The van der Waals surface area contributed by atoms with Gasteiger partial charge >= 0.3 is 5.97 Å². The summed E-state index contributed by atoms with van der Waals surface area (Å²) in [7, 11) is -2.03. The van der Waals surface area contributed by atoms with Crippen LogP contribution in [0.3, 0.4) is 0 Å². The third-order valence-corrected chi connectivity index (χ3v) is 3.41. The summed E-state index contributed by atoms with van der Waals surface area (Å²) in [5, 5.41) is 8.48. The lowest BCUT2D eigenvalue weighted by molar-refractivity contribution is -0.132. The molecular weight excluding hydrogens is 191 g/mol. The van der Waals surface area contributed by atoms with E-state index in [1.807, 2.05) is 0 Å². The van der Waals surface area contributed by atoms with Crippen molar-refractivity contribution in [2.75, 3.05) is 12.8 Å². The van der Waals surface area contributed by atoms with Crippen molar-refractivity contribution >= 4 is 13.8 Å². The molecule has 0 aromatic rings. The molecule has 0 saturated heterocycles. The number of ether oxygens (including phenoxy) is 1. The van der Waals surface area contributed by atoms with E-state index in [2.05, 4.69) is 6.58 Å². The molecule has 0 aliphatic heterocycles. The predicted octanol–water partition coefficient (Wildman–Crippen LogP) is 1.57. The van der Waals surface area contributed by atoms with Crippen LogP contribution in [0.4, 0.5) is 0 Å². The average molecular weight is 206 g/mol. The van der Waals surface area contributed by atoms with Gasteiger partial charge in [-0.25, -0.2) is 4.79 Å². The summed E-state index contributed by atoms with van der Waals surface area (Å²) in [5.41, 5.74) is -0.0181. The first-order valence-electron chi connectivity index (χ1n) is 4.04. The molecule has 0 bridgehead atoms. The van der Waals surface area contributed by atoms with Crippen molar-refractivity contribution in [3.63, 3.8) is 0 Å². The maximum Gasteiger partial charge on any atom is 0.331 e. The first-order chi connectivity index (χ1) is 5.99. The van der Waals surface area contributed by atoms with Gasteiger partial charge < -0.3 is 14.4 Å². The molecule has 0 heterocycles. The van der Waals surface area contributed by atoms with E-state index in [1.165, 1.54) is 0 Å². The molecule has 2 atom stereocenters. The monoisotopic (exact) mass is 206 g/mol. The summed E-state index contributed by atoms with van der Waals surface area (Å²) in [6.45, 7) is 7.27. The third kappa shape index (κ3) is 4.86. The second-order valence-electron chi connectivity index (χ2n) is 2.65. The van der Waals surface area contributed by atoms with Gasteiger partial charge in [0.25, 0.3) is 0 Å². The standard InChI is InChI=1S/C8H15O4P/c1-4-12-7(3)13(11)5-6(2)8(9)10/h7,13H,2,4-5H2,1,3H3,(H,9,10). The molecule has 1 N–H and O–H groups in total. The van der Waals surface area contributed by atoms with E-state index < -0.39 is 13.8 Å². The van der Waals surface area contributed by atoms with Crippen molar-refractivity contribution in [3.05, 3.63) is 12.2 Å². The number of carbonyl (C=O) groups is 1. The van der Waals surface area contributed by atoms with Crippen molar-refractivity contribution < 1.29 is 19.2 Å². The van der Waals surface area contributed by atoms with Gasteiger partial charge in [-0.2, -0.15) is 0 Å². The minimum Gasteiger partial charge on any atom is -0.478 e. The molecule has 0 amide bonds. The molecule has 0 aromatic heterocycles. The third-order valence-electron chi connectivity index (χ3n) is 1.56. The fourth-order valence-corrected chi connectivity index (χ4v) is 1.98. The van der Waals surface area contributed by atoms with Gasteiger partial charge in [-0.05, 0) is 13.8 Å². The first-order valence-corrected chi connectivity index (χ1v) is 5.73. The Hall–Kier alpha value is -0.600. The summed E-state index contributed by atoms with van der Waals surface area (Å²) >= 11 is 0. The van der Waals surface area contributed by atoms with E-state index in [4.69, 9.17) is 9.84 Å². The molecular formula is C8H15O4P. The highest BCUT2D eigenvalue weighted by Crippen LogP contribution is 2.30. The average Bonchev–Trinajstić information content (AvgIpc) is 2.04. The lowest BCUT2D eigenvalue weighted by atomic mass is 10.4. The van der Waals surface area contributed by atoms with E-state index >= 15 is 0 Å². The molecule has 0 aromatic carbocycles. The van der Waals surface area contributed by atoms with Gasteiger partial charge in [0.1, 0.15) is 13.6 Å². The van der Waals surface area contributed by atoms with Crippen LogP contribution in [0.5, 0.6) is 0 Å². The maximum atomic E-state index is 11.4. The predicted molar refractivity (Wildman–Crippen MR) is 51.7 cm³/mol. The summed E-state index contributed by atoms with van der Waals surface area (Å²) < 4.78 is 16.5. The van der Waals surface area contributed by atoms with E-state index in [0.717, 1.165) is 0 Å². The number of carboxylic acid groups (broad SMARTS) is 1. The van der Waals surface area contributed by atoms with E-state index in [0.29, 0.717) is 6.61 Å². The zero-order valence-corrected chi connectivity index (χ0v) is 8.87. The SMILES string of the molecule is C=C(C[PH](=O)C(C)OCC)C(=O)O. The number of rotatable bonds is 6. The van der Waals surface area contributed by atoms with Gasteiger partial charge in [-0.1, -0.05) is 6.58 Å². The number of hydrogen-bond donors (Lipinski definition) is 1. The Kier molecular flexibility index (Phi) is 5.67. The highest BCUT2D eigenvalue weighted by Gasteiger charge is 2.14. The van der Waals surface area contributed by atoms with E-state index in [-0.39, 0.29) is 17.6 Å². The van der Waals surface area contributed by atoms with Crippen molar-refractivity contribution in [2.24, 2.45) is 0 Å². The van der Waals surface area contributed by atoms with Crippen molar-refractivity contribution in [1.29, 1.82) is 0 Å². The molecule has 0 spiro atoms. The van der Waals surface area contributed by atoms with Gasteiger partial charge in [0.05, 0.1) is 0 Å². The molecule has 0 fully saturated rings. The van der Waals surface area contributed by atoms with Crippen LogP contribution in [0.2, 0.25) is 0 Å². The van der Waals surface area contributed by atoms with Crippen molar-refractivity contribution in [2.45, 2.75) is 19.7 Å². The molecule has 0 aliphatic carbocycles. The quantitative estimate of drug-likeness (QED) is 0.529. The Morgan fingerprint density at radius 2 is 2.23 bits per heavy atom. The van der Waals surface area contributed by atoms with Crippen LogP contribution in [-0.2, 0) is 14.1 Å². The lowest BCUT2D eigenvalue weighted by Gasteiger charge is -2.10. The van der Waals surface area contributed by atoms with Gasteiger partial charge in [0, 0.05) is 18.3 Å². The zero-order chi connectivity index (χ0) is 10.4. The second-order valence-corrected chi connectivity index (χ2v) is 4.75. The van der Waals surface area contributed by atoms with Crippen LogP contribution in [0.25, 0.3) is 0 Å². The van der Waals surface area contributed by atoms with Crippen LogP contribution in [0.15, 0.2) is 12.2 Å². The maximum absolute atomic E-state index is 11.4. The summed E-state index contributed by atoms with van der Waals surface area (Å²) in [6.07, 6.45) is 0.0289. The van der Waals surface area contributed by atoms with Crippen LogP contribution in [0.1, 0.15) is 13.8 Å². The lowest BCUT2D eigenvalue weighted by Crippen LogP contribution is -2.08. The molecule has 0 radical (unpaired) electrons. The Balaban J connectivity index is 4.00. The van der Waals surface area contributed by atoms with E-state index in [1.54, 1.807) is 13.8 Å². The molecule has 4 nitrogen and oxygen atoms in total. The Morgan fingerprint density at radius 3 is 2.62 bits per heavy atom. The fourth-order valence-electron chi connectivity index (χ4n) is 0.773. The van der Waals surface area contributed by atoms with Gasteiger partial charge in [-0.3, -0.25) is 0 Å². The smallest absolute Gasteiger partial charge is 0.331 e. The molecule has 13 heavy (non-hydrogen) atoms. The van der Waals surface area contributed by atoms with Crippen molar-refractivity contribution in [1.82, 2.24) is 0 Å². The molecule has 0 rings (SSSR count). The summed E-state index contributed by atoms with van der Waals surface area (Å²) in [5.74, 6) is -1.46. The fraction of sp³-hybridized carbons (Fsp3) is 0.625. The topological polar surface area (TPSA) is 63.6 Å². The normalized spacial score (nSPS) is 14.9. The Morgan fingerprint density at radius 1 is 1.69 bits per heavy atom. The highest BCUT2D eigenvalue weighted by molar-refractivity contribution is 7.45. The summed E-state index contributed by atoms with van der Waals surface area (Å²) in [6, 6.07) is 0. The Labute approximate surface area is 78.4 Å². The number of aliphatic carboxylic acids is 1. The minimum atomic E-state index is -2.03. The molecule has 0 aliphatic rings. The Bertz CT molecular complexity index is 224. The summed E-state index contributed by atoms with van der Waals surface area (Å²) in [4.78, 5) is 10.4. The van der Waals surface area contributed by atoms with Gasteiger partial charge in [-0.15, -0.1) is 0 Å². The number of carboxylic acids is 1. The van der Waals surface area contributed by atoms with Crippen LogP contribution in [-0.4, -0.2) is 29.7 Å². The van der Waals surface area contributed by atoms with E-state index in [9.17, 15) is 9.36 Å². The minimum absolute atomic E-state index is 0.0181. The molecule has 76 valence electrons. The largest absolute Gasteiger partial charge is 0.478 e. The van der Waals surface area contributed by atoms with Crippen LogP contribution in [0, 0.1) is 0 Å². The number of hydrogen-bond acceptors (Lipinski definition) is 3. The van der Waals surface area contributed by atoms with Crippen LogP contribution < -0.4 is 0 Å². The van der Waals surface area contributed by atoms with Crippen molar-refractivity contribution in [3.8, 4) is 0 Å². The molecule has 2 unspecified atom stereocenters. The highest BCUT2D eigenvalue weighted by atomic mass is 31.1. The molecule has 5 heteroatoms. The van der Waals surface area contributed by atoms with Gasteiger partial charge in [0.15, 0.2) is 0 Å². The zero-order valence-electron chi connectivity index (χ0n) is 7.87.